The zero-order chi connectivity index (χ0) is 13.7. The molecule has 0 N–H and O–H groups in total. The van der Waals surface area contributed by atoms with Crippen LogP contribution in [0.5, 0.6) is 5.75 Å². The summed E-state index contributed by atoms with van der Waals surface area (Å²) < 4.78 is 18.6. The number of aromatic nitrogens is 1. The molecule has 0 atom stereocenters. The fraction of sp³-hybridized carbons (Fsp3) is 0.188. The topological polar surface area (TPSA) is 22.1 Å². The molecule has 0 saturated carbocycles. The lowest BCUT2D eigenvalue weighted by Gasteiger charge is -2.04. The van der Waals surface area contributed by atoms with Crippen molar-refractivity contribution in [1.82, 2.24) is 4.98 Å². The molecule has 1 aromatic carbocycles. The minimum absolute atomic E-state index is 0.228. The molecule has 3 heteroatoms. The van der Waals surface area contributed by atoms with E-state index in [4.69, 9.17) is 4.74 Å². The van der Waals surface area contributed by atoms with Gasteiger partial charge in [0.2, 0.25) is 0 Å². The third-order valence-electron chi connectivity index (χ3n) is 2.45. The summed E-state index contributed by atoms with van der Waals surface area (Å²) >= 11 is 0. The van der Waals surface area contributed by atoms with E-state index in [9.17, 15) is 4.39 Å². The van der Waals surface area contributed by atoms with Crippen LogP contribution in [0.2, 0.25) is 0 Å². The van der Waals surface area contributed by atoms with Gasteiger partial charge >= 0.3 is 0 Å². The lowest BCUT2D eigenvalue weighted by molar-refractivity contribution is 0.321. The summed E-state index contributed by atoms with van der Waals surface area (Å²) in [6, 6.07) is 10.2. The number of pyridine rings is 1. The quantitative estimate of drug-likeness (QED) is 0.768. The van der Waals surface area contributed by atoms with Gasteiger partial charge in [0, 0.05) is 11.3 Å². The predicted molar refractivity (Wildman–Crippen MR) is 72.5 cm³/mol. The first kappa shape index (κ1) is 13.1. The molecule has 1 heterocycles. The van der Waals surface area contributed by atoms with Crippen molar-refractivity contribution in [2.75, 3.05) is 6.61 Å². The van der Waals surface area contributed by atoms with E-state index in [-0.39, 0.29) is 11.6 Å². The van der Waals surface area contributed by atoms with Gasteiger partial charge in [0.15, 0.2) is 11.6 Å². The highest BCUT2D eigenvalue weighted by molar-refractivity contribution is 5.44. The molecule has 1 aromatic heterocycles. The van der Waals surface area contributed by atoms with Gasteiger partial charge in [-0.05, 0) is 50.1 Å². The molecule has 96 valence electrons. The van der Waals surface area contributed by atoms with Gasteiger partial charge in [-0.2, -0.15) is 0 Å². The first-order chi connectivity index (χ1) is 9.19. The normalized spacial score (nSPS) is 9.63. The van der Waals surface area contributed by atoms with Gasteiger partial charge < -0.3 is 4.74 Å². The molecule has 19 heavy (non-hydrogen) atoms. The highest BCUT2D eigenvalue weighted by Crippen LogP contribution is 2.18. The van der Waals surface area contributed by atoms with Crippen LogP contribution in [-0.2, 0) is 0 Å². The fourth-order valence-electron chi connectivity index (χ4n) is 1.60. The van der Waals surface area contributed by atoms with Gasteiger partial charge in [-0.25, -0.2) is 9.37 Å². The molecule has 0 aliphatic rings. The average molecular weight is 255 g/mol. The van der Waals surface area contributed by atoms with Crippen molar-refractivity contribution in [1.29, 1.82) is 0 Å². The van der Waals surface area contributed by atoms with E-state index in [2.05, 4.69) is 16.8 Å². The number of hydrogen-bond donors (Lipinski definition) is 0. The molecule has 2 nitrogen and oxygen atoms in total. The highest BCUT2D eigenvalue weighted by atomic mass is 19.1. The van der Waals surface area contributed by atoms with Crippen LogP contribution in [0, 0.1) is 24.6 Å². The Morgan fingerprint density at radius 3 is 2.79 bits per heavy atom. The van der Waals surface area contributed by atoms with Crippen molar-refractivity contribution in [2.45, 2.75) is 13.8 Å². The van der Waals surface area contributed by atoms with Crippen LogP contribution >= 0.6 is 0 Å². The maximum absolute atomic E-state index is 13.4. The Bertz CT molecular complexity index is 641. The lowest BCUT2D eigenvalue weighted by Crippen LogP contribution is -1.95. The fourth-order valence-corrected chi connectivity index (χ4v) is 1.60. The number of aryl methyl sites for hydroxylation is 1. The summed E-state index contributed by atoms with van der Waals surface area (Å²) in [6.07, 6.45) is 0. The maximum atomic E-state index is 13.4. The summed E-state index contributed by atoms with van der Waals surface area (Å²) in [5.41, 5.74) is 2.32. The van der Waals surface area contributed by atoms with Crippen LogP contribution in [0.1, 0.15) is 23.9 Å². The Morgan fingerprint density at radius 1 is 1.21 bits per heavy atom. The van der Waals surface area contributed by atoms with Gasteiger partial charge in [0.05, 0.1) is 6.61 Å². The van der Waals surface area contributed by atoms with Crippen LogP contribution in [0.3, 0.4) is 0 Å². The molecule has 2 rings (SSSR count). The maximum Gasteiger partial charge on any atom is 0.165 e. The molecule has 0 spiro atoms. The van der Waals surface area contributed by atoms with Gasteiger partial charge in [-0.15, -0.1) is 0 Å². The molecule has 0 radical (unpaired) electrons. The van der Waals surface area contributed by atoms with E-state index in [0.717, 1.165) is 5.69 Å². The zero-order valence-corrected chi connectivity index (χ0v) is 10.9. The van der Waals surface area contributed by atoms with Gasteiger partial charge in [-0.1, -0.05) is 12.0 Å². The Hall–Kier alpha value is -2.34. The van der Waals surface area contributed by atoms with Crippen LogP contribution < -0.4 is 4.74 Å². The van der Waals surface area contributed by atoms with Crippen molar-refractivity contribution in [3.8, 4) is 17.6 Å². The van der Waals surface area contributed by atoms with E-state index in [1.165, 1.54) is 6.07 Å². The second-order valence-corrected chi connectivity index (χ2v) is 3.99. The van der Waals surface area contributed by atoms with Crippen molar-refractivity contribution >= 4 is 0 Å². The summed E-state index contributed by atoms with van der Waals surface area (Å²) in [4.78, 5) is 4.29. The number of halogens is 1. The van der Waals surface area contributed by atoms with Crippen molar-refractivity contribution in [3.05, 3.63) is 59.2 Å². The van der Waals surface area contributed by atoms with Gasteiger partial charge in [0.25, 0.3) is 0 Å². The summed E-state index contributed by atoms with van der Waals surface area (Å²) in [7, 11) is 0. The number of ether oxygens (including phenoxy) is 1. The van der Waals surface area contributed by atoms with E-state index >= 15 is 0 Å². The van der Waals surface area contributed by atoms with Crippen LogP contribution in [0.25, 0.3) is 0 Å². The Kier molecular flexibility index (Phi) is 4.15. The van der Waals surface area contributed by atoms with Crippen LogP contribution in [-0.4, -0.2) is 11.6 Å². The molecule has 0 bridgehead atoms. The van der Waals surface area contributed by atoms with Crippen molar-refractivity contribution < 1.29 is 9.13 Å². The van der Waals surface area contributed by atoms with E-state index in [0.29, 0.717) is 17.9 Å². The Morgan fingerprint density at radius 2 is 2.05 bits per heavy atom. The first-order valence-corrected chi connectivity index (χ1v) is 6.07. The number of nitrogens with zero attached hydrogens (tertiary/aromatic N) is 1. The second kappa shape index (κ2) is 6.01. The number of rotatable bonds is 2. The SMILES string of the molecule is CCOc1cc(C#Cc2cccc(C)n2)ccc1F. The van der Waals surface area contributed by atoms with Gasteiger partial charge in [0.1, 0.15) is 5.69 Å². The smallest absolute Gasteiger partial charge is 0.165 e. The van der Waals surface area contributed by atoms with E-state index in [1.54, 1.807) is 12.1 Å². The summed E-state index contributed by atoms with van der Waals surface area (Å²) in [5, 5.41) is 0. The predicted octanol–water partition coefficient (Wildman–Crippen LogP) is 3.33. The summed E-state index contributed by atoms with van der Waals surface area (Å²) in [6.45, 7) is 4.15. The molecule has 0 saturated heterocycles. The second-order valence-electron chi connectivity index (χ2n) is 3.99. The monoisotopic (exact) mass is 255 g/mol. The van der Waals surface area contributed by atoms with Crippen molar-refractivity contribution in [2.24, 2.45) is 0 Å². The van der Waals surface area contributed by atoms with Crippen LogP contribution in [0.15, 0.2) is 36.4 Å². The molecule has 2 aromatic rings. The minimum atomic E-state index is -0.374. The zero-order valence-electron chi connectivity index (χ0n) is 10.9. The third kappa shape index (κ3) is 3.56. The molecule has 0 unspecified atom stereocenters. The van der Waals surface area contributed by atoms with Gasteiger partial charge in [-0.3, -0.25) is 0 Å². The lowest BCUT2D eigenvalue weighted by atomic mass is 10.2. The minimum Gasteiger partial charge on any atom is -0.491 e. The number of hydrogen-bond acceptors (Lipinski definition) is 2. The molecular weight excluding hydrogens is 241 g/mol. The van der Waals surface area contributed by atoms with E-state index in [1.807, 2.05) is 32.0 Å². The molecule has 0 aliphatic carbocycles. The molecular formula is C16H14FNO. The molecule has 0 fully saturated rings. The molecule has 0 aliphatic heterocycles. The van der Waals surface area contributed by atoms with E-state index < -0.39 is 0 Å². The average Bonchev–Trinajstić information content (AvgIpc) is 2.40. The standard InChI is InChI=1S/C16H14FNO/c1-3-19-16-11-13(8-10-15(16)17)7-9-14-6-4-5-12(2)18-14/h4-6,8,10-11H,3H2,1-2H3. The third-order valence-corrected chi connectivity index (χ3v) is 2.45. The number of benzene rings is 1. The van der Waals surface area contributed by atoms with Crippen molar-refractivity contribution in [3.63, 3.8) is 0 Å². The molecule has 0 amide bonds. The Balaban J connectivity index is 2.27. The largest absolute Gasteiger partial charge is 0.491 e. The summed E-state index contributed by atoms with van der Waals surface area (Å²) in [5.74, 6) is 5.76. The first-order valence-electron chi connectivity index (χ1n) is 6.07. The highest BCUT2D eigenvalue weighted by Gasteiger charge is 2.02. The Labute approximate surface area is 112 Å². The van der Waals surface area contributed by atoms with Crippen LogP contribution in [0.4, 0.5) is 4.39 Å².